The molecule has 0 unspecified atom stereocenters. The summed E-state index contributed by atoms with van der Waals surface area (Å²) in [6.45, 7) is 5.14. The van der Waals surface area contributed by atoms with Crippen LogP contribution in [-0.2, 0) is 9.47 Å². The molecular weight excluding hydrogens is 332 g/mol. The molecule has 0 radical (unpaired) electrons. The number of unbranched alkanes of at least 4 members (excludes halogenated alkanes) is 1. The number of hydrogen-bond donors (Lipinski definition) is 1. The molecule has 2 aromatic carbocycles. The van der Waals surface area contributed by atoms with Gasteiger partial charge in [0, 0.05) is 6.61 Å². The normalized spacial score (nSPS) is 10.7. The van der Waals surface area contributed by atoms with Crippen LogP contribution in [-0.4, -0.2) is 44.1 Å². The van der Waals surface area contributed by atoms with E-state index in [1.807, 2.05) is 24.3 Å². The maximum Gasteiger partial charge on any atom is 0.335 e. The van der Waals surface area contributed by atoms with Crippen LogP contribution >= 0.6 is 0 Å². The molecule has 1 N–H and O–H groups in total. The lowest BCUT2D eigenvalue weighted by Crippen LogP contribution is -2.11. The molecule has 5 heteroatoms. The zero-order chi connectivity index (χ0) is 18.6. The van der Waals surface area contributed by atoms with Crippen molar-refractivity contribution >= 4 is 5.97 Å². The lowest BCUT2D eigenvalue weighted by molar-refractivity contribution is 0.0356. The first kappa shape index (κ1) is 19.9. The van der Waals surface area contributed by atoms with Crippen molar-refractivity contribution in [1.29, 1.82) is 0 Å². The van der Waals surface area contributed by atoms with Gasteiger partial charge in [-0.25, -0.2) is 4.79 Å². The Bertz CT molecular complexity index is 649. The van der Waals surface area contributed by atoms with Gasteiger partial charge in [0.25, 0.3) is 0 Å². The second-order valence-corrected chi connectivity index (χ2v) is 5.83. The molecule has 0 heterocycles. The van der Waals surface area contributed by atoms with E-state index in [1.54, 1.807) is 24.3 Å². The van der Waals surface area contributed by atoms with Crippen molar-refractivity contribution in [2.24, 2.45) is 0 Å². The molecular formula is C21H26O5. The van der Waals surface area contributed by atoms with Crippen LogP contribution in [0.1, 0.15) is 30.1 Å². The molecule has 0 aliphatic heterocycles. The fraction of sp³-hybridized carbons (Fsp3) is 0.381. The van der Waals surface area contributed by atoms with E-state index < -0.39 is 5.97 Å². The van der Waals surface area contributed by atoms with E-state index in [9.17, 15) is 4.79 Å². The summed E-state index contributed by atoms with van der Waals surface area (Å²) in [5, 5.41) is 8.93. The SMILES string of the molecule is CCCCOCCOCCOc1ccc(-c2ccc(C(=O)O)cc2)cc1. The van der Waals surface area contributed by atoms with Gasteiger partial charge in [0.15, 0.2) is 0 Å². The second kappa shape index (κ2) is 11.3. The van der Waals surface area contributed by atoms with Crippen LogP contribution in [0.4, 0.5) is 0 Å². The Morgan fingerprint density at radius 3 is 1.92 bits per heavy atom. The second-order valence-electron chi connectivity index (χ2n) is 5.83. The van der Waals surface area contributed by atoms with Gasteiger partial charge in [-0.05, 0) is 41.8 Å². The molecule has 0 aromatic heterocycles. The fourth-order valence-electron chi connectivity index (χ4n) is 2.34. The summed E-state index contributed by atoms with van der Waals surface area (Å²) in [6.07, 6.45) is 2.23. The summed E-state index contributed by atoms with van der Waals surface area (Å²) in [5.74, 6) is -0.145. The summed E-state index contributed by atoms with van der Waals surface area (Å²) in [6, 6.07) is 14.5. The highest BCUT2D eigenvalue weighted by molar-refractivity contribution is 5.88. The van der Waals surface area contributed by atoms with E-state index in [2.05, 4.69) is 6.92 Å². The highest BCUT2D eigenvalue weighted by Crippen LogP contribution is 2.22. The van der Waals surface area contributed by atoms with Gasteiger partial charge in [-0.1, -0.05) is 37.6 Å². The molecule has 0 bridgehead atoms. The average molecular weight is 358 g/mol. The highest BCUT2D eigenvalue weighted by atomic mass is 16.5. The van der Waals surface area contributed by atoms with Crippen molar-refractivity contribution in [1.82, 2.24) is 0 Å². The molecule has 0 amide bonds. The molecule has 0 fully saturated rings. The molecule has 0 saturated heterocycles. The minimum absolute atomic E-state index is 0.282. The van der Waals surface area contributed by atoms with Gasteiger partial charge in [0.05, 0.1) is 25.4 Å². The maximum absolute atomic E-state index is 10.9. The van der Waals surface area contributed by atoms with Crippen molar-refractivity contribution in [3.8, 4) is 16.9 Å². The van der Waals surface area contributed by atoms with E-state index in [0.717, 1.165) is 36.3 Å². The number of rotatable bonds is 12. The van der Waals surface area contributed by atoms with Crippen molar-refractivity contribution in [3.63, 3.8) is 0 Å². The quantitative estimate of drug-likeness (QED) is 0.574. The molecule has 0 spiro atoms. The third-order valence-corrected chi connectivity index (χ3v) is 3.83. The Hall–Kier alpha value is -2.37. The van der Waals surface area contributed by atoms with Gasteiger partial charge in [0.2, 0.25) is 0 Å². The first-order valence-electron chi connectivity index (χ1n) is 8.93. The predicted molar refractivity (Wildman–Crippen MR) is 101 cm³/mol. The van der Waals surface area contributed by atoms with Gasteiger partial charge in [-0.2, -0.15) is 0 Å². The Balaban J connectivity index is 1.68. The zero-order valence-electron chi connectivity index (χ0n) is 15.1. The number of hydrogen-bond acceptors (Lipinski definition) is 4. The van der Waals surface area contributed by atoms with E-state index in [1.165, 1.54) is 0 Å². The van der Waals surface area contributed by atoms with Gasteiger partial charge in [0.1, 0.15) is 12.4 Å². The minimum Gasteiger partial charge on any atom is -0.491 e. The standard InChI is InChI=1S/C21H26O5/c1-2-3-12-24-13-14-25-15-16-26-20-10-8-18(9-11-20)17-4-6-19(7-5-17)21(22)23/h4-11H,2-3,12-16H2,1H3,(H,22,23). The zero-order valence-corrected chi connectivity index (χ0v) is 15.1. The molecule has 2 aromatic rings. The predicted octanol–water partition coefficient (Wildman–Crippen LogP) is 4.26. The number of carboxylic acids is 1. The summed E-state index contributed by atoms with van der Waals surface area (Å²) in [4.78, 5) is 10.9. The summed E-state index contributed by atoms with van der Waals surface area (Å²) in [5.41, 5.74) is 2.26. The largest absolute Gasteiger partial charge is 0.491 e. The third kappa shape index (κ3) is 6.86. The van der Waals surface area contributed by atoms with E-state index in [0.29, 0.717) is 26.4 Å². The Morgan fingerprint density at radius 2 is 1.35 bits per heavy atom. The Labute approximate surface area is 154 Å². The van der Waals surface area contributed by atoms with Gasteiger partial charge < -0.3 is 19.3 Å². The molecule has 26 heavy (non-hydrogen) atoms. The van der Waals surface area contributed by atoms with Crippen molar-refractivity contribution < 1.29 is 24.1 Å². The van der Waals surface area contributed by atoms with Crippen LogP contribution in [0.3, 0.4) is 0 Å². The molecule has 0 aliphatic carbocycles. The molecule has 140 valence electrons. The number of carbonyl (C=O) groups is 1. The van der Waals surface area contributed by atoms with Crippen LogP contribution < -0.4 is 4.74 Å². The smallest absolute Gasteiger partial charge is 0.335 e. The van der Waals surface area contributed by atoms with Crippen LogP contribution in [0.2, 0.25) is 0 Å². The van der Waals surface area contributed by atoms with Crippen molar-refractivity contribution in [3.05, 3.63) is 54.1 Å². The number of aromatic carboxylic acids is 1. The third-order valence-electron chi connectivity index (χ3n) is 3.83. The van der Waals surface area contributed by atoms with Gasteiger partial charge in [-0.3, -0.25) is 0 Å². The van der Waals surface area contributed by atoms with Crippen LogP contribution in [0.15, 0.2) is 48.5 Å². The topological polar surface area (TPSA) is 65.0 Å². The maximum atomic E-state index is 10.9. The van der Waals surface area contributed by atoms with E-state index in [-0.39, 0.29) is 5.56 Å². The first-order chi connectivity index (χ1) is 12.7. The molecule has 5 nitrogen and oxygen atoms in total. The number of carboxylic acid groups (broad SMARTS) is 1. The molecule has 0 aliphatic rings. The monoisotopic (exact) mass is 358 g/mol. The molecule has 0 atom stereocenters. The van der Waals surface area contributed by atoms with E-state index in [4.69, 9.17) is 19.3 Å². The summed E-state index contributed by atoms with van der Waals surface area (Å²) >= 11 is 0. The Kier molecular flexibility index (Phi) is 8.66. The van der Waals surface area contributed by atoms with Crippen LogP contribution in [0.25, 0.3) is 11.1 Å². The number of ether oxygens (including phenoxy) is 3. The van der Waals surface area contributed by atoms with E-state index >= 15 is 0 Å². The highest BCUT2D eigenvalue weighted by Gasteiger charge is 2.03. The summed E-state index contributed by atoms with van der Waals surface area (Å²) in [7, 11) is 0. The lowest BCUT2D eigenvalue weighted by Gasteiger charge is -2.09. The van der Waals surface area contributed by atoms with Crippen LogP contribution in [0, 0.1) is 0 Å². The van der Waals surface area contributed by atoms with Crippen LogP contribution in [0.5, 0.6) is 5.75 Å². The molecule has 0 saturated carbocycles. The fourth-order valence-corrected chi connectivity index (χ4v) is 2.34. The average Bonchev–Trinajstić information content (AvgIpc) is 2.67. The molecule has 2 rings (SSSR count). The van der Waals surface area contributed by atoms with Gasteiger partial charge >= 0.3 is 5.97 Å². The summed E-state index contributed by atoms with van der Waals surface area (Å²) < 4.78 is 16.5. The Morgan fingerprint density at radius 1 is 0.808 bits per heavy atom. The number of benzene rings is 2. The minimum atomic E-state index is -0.921. The van der Waals surface area contributed by atoms with Crippen molar-refractivity contribution in [2.75, 3.05) is 33.0 Å². The lowest BCUT2D eigenvalue weighted by atomic mass is 10.0. The van der Waals surface area contributed by atoms with Gasteiger partial charge in [-0.15, -0.1) is 0 Å². The first-order valence-corrected chi connectivity index (χ1v) is 8.93. The van der Waals surface area contributed by atoms with Crippen molar-refractivity contribution in [2.45, 2.75) is 19.8 Å².